The molecule has 0 aliphatic carbocycles. The van der Waals surface area contributed by atoms with Crippen LogP contribution in [0.25, 0.3) is 0 Å². The van der Waals surface area contributed by atoms with Gasteiger partial charge in [0.15, 0.2) is 0 Å². The molecule has 0 aromatic rings. The number of ether oxygens (including phenoxy) is 2. The second kappa shape index (κ2) is 11.9. The van der Waals surface area contributed by atoms with Gasteiger partial charge < -0.3 is 9.47 Å². The third-order valence-electron chi connectivity index (χ3n) is 3.23. The largest absolute Gasteiger partial charge is 0.465 e. The minimum Gasteiger partial charge on any atom is -0.465 e. The summed E-state index contributed by atoms with van der Waals surface area (Å²) in [5.74, 6) is 5.57. The zero-order chi connectivity index (χ0) is 16.8. The summed E-state index contributed by atoms with van der Waals surface area (Å²) < 4.78 is 10.3. The Morgan fingerprint density at radius 1 is 1.09 bits per heavy atom. The molecule has 0 saturated carbocycles. The van der Waals surface area contributed by atoms with E-state index in [1.54, 1.807) is 6.08 Å². The Balaban J connectivity index is 4.78. The van der Waals surface area contributed by atoms with E-state index in [9.17, 15) is 9.59 Å². The number of esters is 2. The Morgan fingerprint density at radius 2 is 1.68 bits per heavy atom. The van der Waals surface area contributed by atoms with E-state index in [4.69, 9.17) is 9.47 Å². The summed E-state index contributed by atoms with van der Waals surface area (Å²) in [6, 6.07) is 0. The van der Waals surface area contributed by atoms with Gasteiger partial charge in [0.1, 0.15) is 13.2 Å². The van der Waals surface area contributed by atoms with Crippen molar-refractivity contribution in [1.29, 1.82) is 0 Å². The van der Waals surface area contributed by atoms with Gasteiger partial charge in [-0.05, 0) is 12.8 Å². The van der Waals surface area contributed by atoms with E-state index in [0.29, 0.717) is 12.8 Å². The first kappa shape index (κ1) is 20.2. The summed E-state index contributed by atoms with van der Waals surface area (Å²) in [7, 11) is 0. The van der Waals surface area contributed by atoms with Crippen LogP contribution in [0.3, 0.4) is 0 Å². The predicted molar refractivity (Wildman–Crippen MR) is 87.0 cm³/mol. The van der Waals surface area contributed by atoms with Crippen LogP contribution in [-0.2, 0) is 19.1 Å². The molecule has 0 atom stereocenters. The van der Waals surface area contributed by atoms with Crippen LogP contribution in [0.5, 0.6) is 0 Å². The maximum atomic E-state index is 11.1. The fourth-order valence-electron chi connectivity index (χ4n) is 1.95. The minimum absolute atomic E-state index is 0.172. The molecule has 0 heterocycles. The Hall–Kier alpha value is -1.76. The van der Waals surface area contributed by atoms with Crippen molar-refractivity contribution in [2.24, 2.45) is 5.41 Å². The van der Waals surface area contributed by atoms with Crippen molar-refractivity contribution in [3.05, 3.63) is 12.7 Å². The van der Waals surface area contributed by atoms with Gasteiger partial charge in [-0.1, -0.05) is 25.8 Å². The van der Waals surface area contributed by atoms with Crippen molar-refractivity contribution in [3.63, 3.8) is 0 Å². The lowest BCUT2D eigenvalue weighted by Gasteiger charge is -2.29. The smallest absolute Gasteiger partial charge is 0.302 e. The van der Waals surface area contributed by atoms with E-state index in [0.717, 1.165) is 12.8 Å². The van der Waals surface area contributed by atoms with Crippen molar-refractivity contribution in [2.45, 2.75) is 59.3 Å². The van der Waals surface area contributed by atoms with Crippen molar-refractivity contribution >= 4 is 11.9 Å². The molecule has 0 unspecified atom stereocenters. The minimum atomic E-state index is -0.517. The molecule has 4 nitrogen and oxygen atoms in total. The van der Waals surface area contributed by atoms with Crippen LogP contribution in [0.1, 0.15) is 59.3 Å². The number of allylic oxidation sites excluding steroid dienone is 1. The lowest BCUT2D eigenvalue weighted by molar-refractivity contribution is -0.151. The van der Waals surface area contributed by atoms with Gasteiger partial charge in [-0.25, -0.2) is 0 Å². The van der Waals surface area contributed by atoms with Crippen molar-refractivity contribution in [3.8, 4) is 11.8 Å². The second-order valence-electron chi connectivity index (χ2n) is 5.54. The maximum Gasteiger partial charge on any atom is 0.302 e. The molecule has 0 aromatic heterocycles. The third kappa shape index (κ3) is 10.0. The first-order chi connectivity index (χ1) is 10.5. The molecule has 0 radical (unpaired) electrons. The number of hydrogen-bond acceptors (Lipinski definition) is 4. The highest BCUT2D eigenvalue weighted by Gasteiger charge is 2.31. The predicted octanol–water partition coefficient (Wildman–Crippen LogP) is 3.65. The van der Waals surface area contributed by atoms with Crippen LogP contribution in [0.15, 0.2) is 12.7 Å². The Labute approximate surface area is 134 Å². The lowest BCUT2D eigenvalue weighted by atomic mass is 9.82. The third-order valence-corrected chi connectivity index (χ3v) is 3.23. The maximum absolute atomic E-state index is 11.1. The summed E-state index contributed by atoms with van der Waals surface area (Å²) in [5, 5.41) is 0. The monoisotopic (exact) mass is 308 g/mol. The Bertz CT molecular complexity index is 397. The fourth-order valence-corrected chi connectivity index (χ4v) is 1.95. The molecule has 0 fully saturated rings. The summed E-state index contributed by atoms with van der Waals surface area (Å²) in [6.45, 7) is 8.96. The number of unbranched alkanes of at least 4 members (excludes halogenated alkanes) is 3. The molecule has 0 N–H and O–H groups in total. The number of carbonyl (C=O) groups excluding carboxylic acids is 2. The van der Waals surface area contributed by atoms with E-state index in [1.807, 2.05) is 0 Å². The van der Waals surface area contributed by atoms with Gasteiger partial charge >= 0.3 is 11.9 Å². The number of rotatable bonds is 10. The van der Waals surface area contributed by atoms with Crippen molar-refractivity contribution < 1.29 is 19.1 Å². The summed E-state index contributed by atoms with van der Waals surface area (Å²) in [5.41, 5.74) is -0.517. The highest BCUT2D eigenvalue weighted by atomic mass is 16.5. The van der Waals surface area contributed by atoms with Crippen LogP contribution >= 0.6 is 0 Å². The zero-order valence-electron chi connectivity index (χ0n) is 14.1. The summed E-state index contributed by atoms with van der Waals surface area (Å²) in [6.07, 6.45) is 7.11. The van der Waals surface area contributed by atoms with Gasteiger partial charge in [-0.15, -0.1) is 18.4 Å². The summed E-state index contributed by atoms with van der Waals surface area (Å²) >= 11 is 0. The lowest BCUT2D eigenvalue weighted by Crippen LogP contribution is -2.33. The number of hydrogen-bond donors (Lipinski definition) is 0. The van der Waals surface area contributed by atoms with Crippen LogP contribution in [0.4, 0.5) is 0 Å². The van der Waals surface area contributed by atoms with Gasteiger partial charge in [-0.2, -0.15) is 0 Å². The van der Waals surface area contributed by atoms with Gasteiger partial charge in [0.05, 0.1) is 5.41 Å². The molecule has 0 spiro atoms. The van der Waals surface area contributed by atoms with E-state index >= 15 is 0 Å². The van der Waals surface area contributed by atoms with E-state index in [-0.39, 0.29) is 25.2 Å². The fraction of sp³-hybridized carbons (Fsp3) is 0.667. The molecule has 124 valence electrons. The molecule has 4 heteroatoms. The molecule has 0 saturated heterocycles. The molecule has 0 bridgehead atoms. The molecule has 0 amide bonds. The molecule has 0 aliphatic rings. The highest BCUT2D eigenvalue weighted by Crippen LogP contribution is 2.28. The van der Waals surface area contributed by atoms with Crippen molar-refractivity contribution in [2.75, 3.05) is 13.2 Å². The quantitative estimate of drug-likeness (QED) is 0.267. The summed E-state index contributed by atoms with van der Waals surface area (Å²) in [4.78, 5) is 22.2. The molecular weight excluding hydrogens is 280 g/mol. The highest BCUT2D eigenvalue weighted by molar-refractivity contribution is 5.66. The molecule has 0 aliphatic heterocycles. The number of carbonyl (C=O) groups is 2. The van der Waals surface area contributed by atoms with Crippen LogP contribution < -0.4 is 0 Å². The van der Waals surface area contributed by atoms with E-state index < -0.39 is 5.41 Å². The second-order valence-corrected chi connectivity index (χ2v) is 5.54. The van der Waals surface area contributed by atoms with E-state index in [1.165, 1.54) is 26.7 Å². The first-order valence-electron chi connectivity index (χ1n) is 7.79. The first-order valence-corrected chi connectivity index (χ1v) is 7.79. The van der Waals surface area contributed by atoms with Crippen LogP contribution in [0.2, 0.25) is 0 Å². The topological polar surface area (TPSA) is 52.6 Å². The van der Waals surface area contributed by atoms with Gasteiger partial charge in [0, 0.05) is 26.7 Å². The SMILES string of the molecule is C=CCC(CC#CCCCCC)(COC(C)=O)COC(C)=O. The zero-order valence-corrected chi connectivity index (χ0v) is 14.1. The van der Waals surface area contributed by atoms with Gasteiger partial charge in [0.2, 0.25) is 0 Å². The Kier molecular flexibility index (Phi) is 10.9. The average molecular weight is 308 g/mol. The standard InChI is InChI=1S/C18H28O4/c1-5-7-8-9-10-11-13-18(12-6-2,14-21-16(3)19)15-22-17(4)20/h6H,2,5,7-9,12-15H2,1,3-4H3. The molecular formula is C18H28O4. The van der Waals surface area contributed by atoms with E-state index in [2.05, 4.69) is 25.3 Å². The van der Waals surface area contributed by atoms with Crippen LogP contribution in [0, 0.1) is 17.3 Å². The van der Waals surface area contributed by atoms with Crippen molar-refractivity contribution in [1.82, 2.24) is 0 Å². The van der Waals surface area contributed by atoms with Gasteiger partial charge in [-0.3, -0.25) is 9.59 Å². The average Bonchev–Trinajstić information content (AvgIpc) is 2.46. The molecule has 0 rings (SSSR count). The normalized spacial score (nSPS) is 10.3. The van der Waals surface area contributed by atoms with Crippen LogP contribution in [-0.4, -0.2) is 25.2 Å². The molecule has 22 heavy (non-hydrogen) atoms. The van der Waals surface area contributed by atoms with Gasteiger partial charge in [0.25, 0.3) is 0 Å². The molecule has 0 aromatic carbocycles. The Morgan fingerprint density at radius 3 is 2.14 bits per heavy atom.